The van der Waals surface area contributed by atoms with Gasteiger partial charge in [0, 0.05) is 12.5 Å². The summed E-state index contributed by atoms with van der Waals surface area (Å²) in [6.07, 6.45) is 4.91. The van der Waals surface area contributed by atoms with E-state index in [1.165, 1.54) is 14.2 Å². The monoisotopic (exact) mass is 504 g/mol. The van der Waals surface area contributed by atoms with Crippen LogP contribution in [-0.4, -0.2) is 55.5 Å². The summed E-state index contributed by atoms with van der Waals surface area (Å²) >= 11 is 0. The molecule has 0 radical (unpaired) electrons. The molecule has 37 heavy (non-hydrogen) atoms. The number of allylic oxidation sites excluding steroid dienone is 2. The molecule has 1 aliphatic heterocycles. The maximum Gasteiger partial charge on any atom is 0.330 e. The highest BCUT2D eigenvalue weighted by Gasteiger charge is 2.61. The first-order valence-electron chi connectivity index (χ1n) is 12.2. The molecule has 0 spiro atoms. The Kier molecular flexibility index (Phi) is 6.69. The third kappa shape index (κ3) is 4.57. The lowest BCUT2D eigenvalue weighted by Crippen LogP contribution is -2.48. The topological polar surface area (TPSA) is 111 Å². The molecule has 1 heterocycles. The van der Waals surface area contributed by atoms with Gasteiger partial charge in [-0.05, 0) is 36.0 Å². The second kappa shape index (κ2) is 10.1. The van der Waals surface area contributed by atoms with E-state index >= 15 is 0 Å². The number of likely N-dealkylation sites (tertiary alicyclic amines) is 1. The standard InChI is InChI=1S/C28H28N2O7/c1-35-19-10-11-20(22(14-19)36-2)29-23(31)15-37-28(34)21(12-16-6-4-3-5-7-16)30-26(32)24-17-8-9-18(13-17)25(24)27(30)33/h3-11,14,17-18,21,24-25H,12-13,15H2,1-2H3,(H,29,31)/t17-,18-,21+,24-,25+/m0/s1. The summed E-state index contributed by atoms with van der Waals surface area (Å²) in [5, 5.41) is 2.64. The lowest BCUT2D eigenvalue weighted by molar-refractivity contribution is -0.160. The molecule has 2 aliphatic carbocycles. The van der Waals surface area contributed by atoms with Crippen molar-refractivity contribution < 1.29 is 33.4 Å². The van der Waals surface area contributed by atoms with Crippen molar-refractivity contribution in [3.8, 4) is 11.5 Å². The van der Waals surface area contributed by atoms with E-state index in [0.717, 1.165) is 16.9 Å². The van der Waals surface area contributed by atoms with Gasteiger partial charge < -0.3 is 19.5 Å². The number of benzene rings is 2. The summed E-state index contributed by atoms with van der Waals surface area (Å²) in [5.74, 6) is -1.95. The summed E-state index contributed by atoms with van der Waals surface area (Å²) in [4.78, 5) is 53.7. The minimum atomic E-state index is -1.16. The summed E-state index contributed by atoms with van der Waals surface area (Å²) < 4.78 is 15.8. The second-order valence-electron chi connectivity index (χ2n) is 9.47. The molecule has 2 aromatic rings. The highest BCUT2D eigenvalue weighted by Crippen LogP contribution is 2.53. The zero-order valence-electron chi connectivity index (χ0n) is 20.6. The molecule has 3 aliphatic rings. The number of rotatable bonds is 9. The normalized spacial score (nSPS) is 24.1. The first-order chi connectivity index (χ1) is 17.9. The maximum absolute atomic E-state index is 13.4. The van der Waals surface area contributed by atoms with Gasteiger partial charge in [-0.3, -0.25) is 19.3 Å². The minimum absolute atomic E-state index is 0.0232. The van der Waals surface area contributed by atoms with Crippen molar-refractivity contribution in [1.82, 2.24) is 4.90 Å². The van der Waals surface area contributed by atoms with Gasteiger partial charge in [0.1, 0.15) is 17.5 Å². The molecular weight excluding hydrogens is 476 g/mol. The van der Waals surface area contributed by atoms with Crippen molar-refractivity contribution in [2.45, 2.75) is 18.9 Å². The molecule has 3 amide bonds. The van der Waals surface area contributed by atoms with Gasteiger partial charge in [-0.2, -0.15) is 0 Å². The third-order valence-electron chi connectivity index (χ3n) is 7.39. The van der Waals surface area contributed by atoms with E-state index in [-0.39, 0.29) is 30.1 Å². The number of hydrogen-bond acceptors (Lipinski definition) is 7. The van der Waals surface area contributed by atoms with Gasteiger partial charge in [-0.1, -0.05) is 42.5 Å². The Morgan fingerprint density at radius 1 is 0.973 bits per heavy atom. The Labute approximate surface area is 214 Å². The number of esters is 1. The van der Waals surface area contributed by atoms with Crippen LogP contribution in [0.2, 0.25) is 0 Å². The molecule has 1 saturated heterocycles. The first kappa shape index (κ1) is 24.5. The van der Waals surface area contributed by atoms with E-state index in [1.807, 2.05) is 42.5 Å². The lowest BCUT2D eigenvalue weighted by Gasteiger charge is -2.26. The predicted molar refractivity (Wildman–Crippen MR) is 133 cm³/mol. The molecule has 9 nitrogen and oxygen atoms in total. The van der Waals surface area contributed by atoms with Crippen LogP contribution in [0.25, 0.3) is 0 Å². The van der Waals surface area contributed by atoms with Crippen molar-refractivity contribution in [2.24, 2.45) is 23.7 Å². The summed E-state index contributed by atoms with van der Waals surface area (Å²) in [7, 11) is 2.97. The number of carbonyl (C=O) groups excluding carboxylic acids is 4. The molecule has 5 rings (SSSR count). The lowest BCUT2D eigenvalue weighted by atomic mass is 9.85. The molecule has 192 valence electrons. The number of carbonyl (C=O) groups is 4. The average molecular weight is 505 g/mol. The molecular formula is C28H28N2O7. The van der Waals surface area contributed by atoms with Crippen molar-refractivity contribution >= 4 is 29.4 Å². The van der Waals surface area contributed by atoms with E-state index in [4.69, 9.17) is 14.2 Å². The first-order valence-corrected chi connectivity index (χ1v) is 12.2. The fraction of sp³-hybridized carbons (Fsp3) is 0.357. The van der Waals surface area contributed by atoms with Crippen LogP contribution in [0.1, 0.15) is 12.0 Å². The van der Waals surface area contributed by atoms with Gasteiger partial charge in [0.25, 0.3) is 5.91 Å². The molecule has 5 atom stereocenters. The molecule has 2 aromatic carbocycles. The average Bonchev–Trinajstić information content (AvgIpc) is 3.60. The van der Waals surface area contributed by atoms with Crippen LogP contribution in [0.15, 0.2) is 60.7 Å². The highest BCUT2D eigenvalue weighted by molar-refractivity contribution is 6.09. The van der Waals surface area contributed by atoms with E-state index in [1.54, 1.807) is 18.2 Å². The van der Waals surface area contributed by atoms with Crippen LogP contribution in [0.4, 0.5) is 5.69 Å². The van der Waals surface area contributed by atoms with Crippen molar-refractivity contribution in [1.29, 1.82) is 0 Å². The van der Waals surface area contributed by atoms with Crippen LogP contribution in [0, 0.1) is 23.7 Å². The Morgan fingerprint density at radius 3 is 2.27 bits per heavy atom. The van der Waals surface area contributed by atoms with Crippen molar-refractivity contribution in [3.63, 3.8) is 0 Å². The van der Waals surface area contributed by atoms with Crippen LogP contribution in [0.5, 0.6) is 11.5 Å². The number of nitrogens with one attached hydrogen (secondary N) is 1. The fourth-order valence-corrected chi connectivity index (χ4v) is 5.67. The zero-order valence-corrected chi connectivity index (χ0v) is 20.6. The molecule has 0 aromatic heterocycles. The van der Waals surface area contributed by atoms with E-state index < -0.39 is 36.4 Å². The summed E-state index contributed by atoms with van der Waals surface area (Å²) in [6, 6.07) is 12.8. The Hall–Kier alpha value is -4.14. The summed E-state index contributed by atoms with van der Waals surface area (Å²) in [5.41, 5.74) is 1.15. The molecule has 2 bridgehead atoms. The maximum atomic E-state index is 13.4. The van der Waals surface area contributed by atoms with Gasteiger partial charge in [0.2, 0.25) is 11.8 Å². The van der Waals surface area contributed by atoms with Crippen molar-refractivity contribution in [3.05, 3.63) is 66.2 Å². The Balaban J connectivity index is 1.30. The zero-order chi connectivity index (χ0) is 26.1. The number of methoxy groups -OCH3 is 2. The number of fused-ring (bicyclic) bond motifs is 5. The van der Waals surface area contributed by atoms with Gasteiger partial charge >= 0.3 is 5.97 Å². The smallest absolute Gasteiger partial charge is 0.330 e. The van der Waals surface area contributed by atoms with Gasteiger partial charge in [-0.25, -0.2) is 4.79 Å². The SMILES string of the molecule is COc1ccc(NC(=O)COC(=O)[C@@H](Cc2ccccc2)N2C(=O)[C@@H]3[C@H](C2=O)[C@H]2C=C[C@H]3C2)c(OC)c1. The Bertz CT molecular complexity index is 1230. The number of ether oxygens (including phenoxy) is 3. The highest BCUT2D eigenvalue weighted by atomic mass is 16.5. The number of hydrogen-bond donors (Lipinski definition) is 1. The van der Waals surface area contributed by atoms with E-state index in [0.29, 0.717) is 17.2 Å². The van der Waals surface area contributed by atoms with Gasteiger partial charge in [0.05, 0.1) is 31.7 Å². The van der Waals surface area contributed by atoms with Crippen LogP contribution in [-0.2, 0) is 30.3 Å². The predicted octanol–water partition coefficient (Wildman–Crippen LogP) is 2.60. The number of imide groups is 1. The van der Waals surface area contributed by atoms with E-state index in [9.17, 15) is 19.2 Å². The van der Waals surface area contributed by atoms with E-state index in [2.05, 4.69) is 5.32 Å². The molecule has 1 saturated carbocycles. The summed E-state index contributed by atoms with van der Waals surface area (Å²) in [6.45, 7) is -0.588. The second-order valence-corrected chi connectivity index (χ2v) is 9.47. The molecule has 0 unspecified atom stereocenters. The largest absolute Gasteiger partial charge is 0.497 e. The molecule has 9 heteroatoms. The number of amides is 3. The van der Waals surface area contributed by atoms with Crippen LogP contribution < -0.4 is 14.8 Å². The van der Waals surface area contributed by atoms with Crippen LogP contribution in [0.3, 0.4) is 0 Å². The van der Waals surface area contributed by atoms with Crippen LogP contribution >= 0.6 is 0 Å². The molecule has 2 fully saturated rings. The number of anilines is 1. The quantitative estimate of drug-likeness (QED) is 0.317. The minimum Gasteiger partial charge on any atom is -0.497 e. The fourth-order valence-electron chi connectivity index (χ4n) is 5.67. The third-order valence-corrected chi connectivity index (χ3v) is 7.39. The Morgan fingerprint density at radius 2 is 1.65 bits per heavy atom. The van der Waals surface area contributed by atoms with Gasteiger partial charge in [0.15, 0.2) is 6.61 Å². The van der Waals surface area contributed by atoms with Crippen molar-refractivity contribution in [2.75, 3.05) is 26.1 Å². The number of nitrogens with zero attached hydrogens (tertiary/aromatic N) is 1. The van der Waals surface area contributed by atoms with Gasteiger partial charge in [-0.15, -0.1) is 0 Å². The molecule has 1 N–H and O–H groups in total.